The molecule has 6 aromatic carbocycles. The number of benzene rings is 6. The largest absolute Gasteiger partial charge is 0.510 e. The second kappa shape index (κ2) is 13.9. The van der Waals surface area contributed by atoms with Crippen LogP contribution in [0, 0.1) is 18.8 Å². The van der Waals surface area contributed by atoms with Crippen molar-refractivity contribution in [3.8, 4) is 23.0 Å². The van der Waals surface area contributed by atoms with Crippen LogP contribution in [-0.2, 0) is 26.5 Å². The van der Waals surface area contributed by atoms with Gasteiger partial charge in [-0.05, 0) is 53.9 Å². The minimum absolute atomic E-state index is 0. The summed E-state index contributed by atoms with van der Waals surface area (Å²) in [6.07, 6.45) is 4.14. The maximum absolute atomic E-state index is 6.74. The predicted octanol–water partition coefficient (Wildman–Crippen LogP) is 11.8. The summed E-state index contributed by atoms with van der Waals surface area (Å²) in [6.45, 7) is 8.76. The summed E-state index contributed by atoms with van der Waals surface area (Å²) >= 11 is 0. The molecule has 0 spiro atoms. The van der Waals surface area contributed by atoms with Crippen LogP contribution in [0.2, 0.25) is 0 Å². The molecule has 56 heavy (non-hydrogen) atoms. The van der Waals surface area contributed by atoms with Gasteiger partial charge in [0.1, 0.15) is 5.82 Å². The van der Waals surface area contributed by atoms with Gasteiger partial charge >= 0.3 is 0 Å². The van der Waals surface area contributed by atoms with Crippen LogP contribution in [-0.4, -0.2) is 26.1 Å². The fraction of sp³-hybridized carbons (Fsp3) is 0.102. The summed E-state index contributed by atoms with van der Waals surface area (Å²) in [5, 5.41) is 4.48. The van der Waals surface area contributed by atoms with Gasteiger partial charge in [0.15, 0.2) is 0 Å². The Labute approximate surface area is 341 Å². The van der Waals surface area contributed by atoms with Crippen LogP contribution < -0.4 is 9.64 Å². The molecule has 4 heterocycles. The van der Waals surface area contributed by atoms with Crippen molar-refractivity contribution in [3.63, 3.8) is 0 Å². The number of pyridine rings is 1. The Balaban J connectivity index is 0.00000410. The minimum atomic E-state index is -0.128. The van der Waals surface area contributed by atoms with Crippen LogP contribution in [0.25, 0.3) is 60.8 Å². The number of rotatable bonds is 6. The van der Waals surface area contributed by atoms with Crippen molar-refractivity contribution in [1.82, 2.24) is 19.0 Å². The minimum Gasteiger partial charge on any atom is -0.510 e. The average molecular weight is 908 g/mol. The number of ether oxygens (including phenoxy) is 1. The van der Waals surface area contributed by atoms with E-state index in [1.165, 1.54) is 5.39 Å². The zero-order valence-electron chi connectivity index (χ0n) is 31.5. The summed E-state index contributed by atoms with van der Waals surface area (Å²) < 4.78 is 11.3. The number of fused-ring (bicyclic) bond motifs is 6. The van der Waals surface area contributed by atoms with Crippen LogP contribution in [0.1, 0.15) is 31.9 Å². The predicted molar refractivity (Wildman–Crippen MR) is 225 cm³/mol. The summed E-state index contributed by atoms with van der Waals surface area (Å²) in [5.74, 6) is 2.04. The van der Waals surface area contributed by atoms with Crippen molar-refractivity contribution in [2.24, 2.45) is 0 Å². The summed E-state index contributed by atoms with van der Waals surface area (Å²) in [5.41, 5.74) is 9.41. The van der Waals surface area contributed by atoms with Crippen molar-refractivity contribution in [2.75, 3.05) is 11.9 Å². The Hall–Kier alpha value is -6.10. The molecule has 3 aromatic heterocycles. The maximum atomic E-state index is 6.74. The second-order valence-electron chi connectivity index (χ2n) is 15.2. The van der Waals surface area contributed by atoms with E-state index in [4.69, 9.17) is 9.72 Å². The Morgan fingerprint density at radius 2 is 1.29 bits per heavy atom. The summed E-state index contributed by atoms with van der Waals surface area (Å²) in [6, 6.07) is 55.9. The molecule has 0 amide bonds. The monoisotopic (exact) mass is 907 g/mol. The third kappa shape index (κ3) is 6.06. The average Bonchev–Trinajstić information content (AvgIpc) is 3.87. The fourth-order valence-corrected chi connectivity index (χ4v) is 7.81. The molecular formula is C49H38N5OPt-3. The maximum Gasteiger partial charge on any atom is 0.137 e. The van der Waals surface area contributed by atoms with Gasteiger partial charge in [-0.2, -0.15) is 12.7 Å². The van der Waals surface area contributed by atoms with E-state index < -0.39 is 0 Å². The number of aromatic nitrogens is 3. The third-order valence-corrected chi connectivity index (χ3v) is 10.5. The van der Waals surface area contributed by atoms with E-state index in [1.54, 1.807) is 0 Å². The van der Waals surface area contributed by atoms with Gasteiger partial charge in [0.25, 0.3) is 0 Å². The van der Waals surface area contributed by atoms with Gasteiger partial charge in [-0.1, -0.05) is 111 Å². The molecule has 10 rings (SSSR count). The van der Waals surface area contributed by atoms with Crippen LogP contribution >= 0.6 is 0 Å². The van der Waals surface area contributed by atoms with Crippen molar-refractivity contribution in [3.05, 3.63) is 182 Å². The van der Waals surface area contributed by atoms with Crippen molar-refractivity contribution >= 4 is 55.0 Å². The first-order valence-corrected chi connectivity index (χ1v) is 18.6. The third-order valence-electron chi connectivity index (χ3n) is 10.5. The zero-order valence-corrected chi connectivity index (χ0v) is 33.7. The van der Waals surface area contributed by atoms with E-state index in [-0.39, 0.29) is 26.5 Å². The van der Waals surface area contributed by atoms with Gasteiger partial charge in [-0.3, -0.25) is 0 Å². The molecule has 0 saturated heterocycles. The van der Waals surface area contributed by atoms with Gasteiger partial charge < -0.3 is 23.7 Å². The smallest absolute Gasteiger partial charge is 0.137 e. The Morgan fingerprint density at radius 3 is 2.02 bits per heavy atom. The molecular weight excluding hydrogens is 870 g/mol. The molecule has 0 fully saturated rings. The quantitative estimate of drug-likeness (QED) is 0.156. The second-order valence-corrected chi connectivity index (χ2v) is 15.2. The first kappa shape index (κ1) is 35.6. The molecule has 0 N–H and O–H groups in total. The fourth-order valence-electron chi connectivity index (χ4n) is 7.81. The van der Waals surface area contributed by atoms with E-state index in [0.717, 1.165) is 72.2 Å². The summed E-state index contributed by atoms with van der Waals surface area (Å²) in [4.78, 5) is 9.37. The molecule has 7 heteroatoms. The topological polar surface area (TPSA) is 38.5 Å². The molecule has 1 aliphatic heterocycles. The molecule has 0 aliphatic carbocycles. The van der Waals surface area contributed by atoms with Crippen LogP contribution in [0.4, 0.5) is 5.69 Å². The molecule has 0 bridgehead atoms. The SMILES string of the molecule is CN1C=C(c2ccccc2)N(c2[c-]c(Oc3[c-]c4c(cc3)c3ccccc3n4-c3cc4c(cn3)c3ccccc3n4-c3ccccc3)cc(C(C)(C)C)c2)[CH-]1.[Pt]. The van der Waals surface area contributed by atoms with E-state index in [9.17, 15) is 0 Å². The van der Waals surface area contributed by atoms with Crippen LogP contribution in [0.15, 0.2) is 152 Å². The van der Waals surface area contributed by atoms with Crippen molar-refractivity contribution < 1.29 is 25.8 Å². The van der Waals surface area contributed by atoms with E-state index in [2.05, 4.69) is 192 Å². The molecule has 0 saturated carbocycles. The normalized spacial score (nSPS) is 13.2. The van der Waals surface area contributed by atoms with Crippen LogP contribution in [0.5, 0.6) is 11.5 Å². The standard InChI is InChI=1S/C49H38N5O.Pt/c1-49(2,3)34-25-36(52-32-51(4)31-47(52)33-15-7-5-8-16-33)27-38(26-34)55-37-23-24-41-39-19-11-14-22-44(39)54(45(41)28-37)48-29-46-42(30-50-48)40-20-12-13-21-43(40)53(46)35-17-9-6-10-18-35;/h5-26,29-32H,1-4H3;/q-3;. The van der Waals surface area contributed by atoms with Gasteiger partial charge in [-0.15, -0.1) is 47.0 Å². The molecule has 1 aliphatic rings. The number of hydrogen-bond acceptors (Lipinski definition) is 4. The van der Waals surface area contributed by atoms with Gasteiger partial charge in [0, 0.05) is 72.5 Å². The van der Waals surface area contributed by atoms with E-state index in [1.807, 2.05) is 25.4 Å². The van der Waals surface area contributed by atoms with Gasteiger partial charge in [-0.25, -0.2) is 4.98 Å². The number of para-hydroxylation sites is 3. The first-order valence-electron chi connectivity index (χ1n) is 18.6. The molecule has 278 valence electrons. The first-order chi connectivity index (χ1) is 26.8. The number of anilines is 1. The molecule has 0 atom stereocenters. The van der Waals surface area contributed by atoms with Gasteiger partial charge in [0.2, 0.25) is 0 Å². The Bertz CT molecular complexity index is 2940. The van der Waals surface area contributed by atoms with Crippen molar-refractivity contribution in [2.45, 2.75) is 26.2 Å². The van der Waals surface area contributed by atoms with Crippen LogP contribution in [0.3, 0.4) is 0 Å². The zero-order chi connectivity index (χ0) is 37.3. The summed E-state index contributed by atoms with van der Waals surface area (Å²) in [7, 11) is 2.05. The number of hydrogen-bond donors (Lipinski definition) is 0. The number of nitrogens with zero attached hydrogens (tertiary/aromatic N) is 5. The molecule has 6 nitrogen and oxygen atoms in total. The Kier molecular flexibility index (Phi) is 8.82. The molecule has 0 unspecified atom stereocenters. The van der Waals surface area contributed by atoms with Gasteiger partial charge in [0.05, 0.1) is 11.0 Å². The molecule has 9 aromatic rings. The van der Waals surface area contributed by atoms with E-state index >= 15 is 0 Å². The van der Waals surface area contributed by atoms with E-state index in [0.29, 0.717) is 11.5 Å². The van der Waals surface area contributed by atoms with Crippen molar-refractivity contribution in [1.29, 1.82) is 0 Å². The Morgan fingerprint density at radius 1 is 0.625 bits per heavy atom. The molecule has 0 radical (unpaired) electrons.